The van der Waals surface area contributed by atoms with E-state index in [9.17, 15) is 13.2 Å². The highest BCUT2D eigenvalue weighted by molar-refractivity contribution is 7.92. The number of fused-ring (bicyclic) bond motifs is 1. The van der Waals surface area contributed by atoms with Gasteiger partial charge in [-0.2, -0.15) is 0 Å². The number of nitrogens with zero attached hydrogens (tertiary/aromatic N) is 1. The van der Waals surface area contributed by atoms with Gasteiger partial charge in [0.15, 0.2) is 5.58 Å². The number of rotatable bonds is 4. The van der Waals surface area contributed by atoms with Crippen molar-refractivity contribution in [1.82, 2.24) is 4.57 Å². The Kier molecular flexibility index (Phi) is 4.62. The van der Waals surface area contributed by atoms with E-state index >= 15 is 0 Å². The molecule has 1 N–H and O–H groups in total. The van der Waals surface area contributed by atoms with Crippen LogP contribution in [-0.4, -0.2) is 13.0 Å². The van der Waals surface area contributed by atoms with Gasteiger partial charge >= 0.3 is 5.76 Å². The summed E-state index contributed by atoms with van der Waals surface area (Å²) in [6.07, 6.45) is 0. The van der Waals surface area contributed by atoms with Gasteiger partial charge in [0, 0.05) is 12.6 Å². The maximum absolute atomic E-state index is 12.9. The summed E-state index contributed by atoms with van der Waals surface area (Å²) in [6.45, 7) is 7.81. The molecule has 0 aliphatic heterocycles. The maximum atomic E-state index is 12.9. The number of halogens is 1. The summed E-state index contributed by atoms with van der Waals surface area (Å²) < 4.78 is 34.9. The molecule has 1 heterocycles. The zero-order chi connectivity index (χ0) is 19.2. The summed E-state index contributed by atoms with van der Waals surface area (Å²) in [4.78, 5) is 11.7. The minimum Gasteiger partial charge on any atom is -0.408 e. The van der Waals surface area contributed by atoms with E-state index in [0.717, 1.165) is 16.7 Å². The van der Waals surface area contributed by atoms with Gasteiger partial charge < -0.3 is 4.42 Å². The molecule has 0 atom stereocenters. The fourth-order valence-electron chi connectivity index (χ4n) is 3.10. The minimum absolute atomic E-state index is 0.0235. The van der Waals surface area contributed by atoms with Crippen LogP contribution in [-0.2, 0) is 16.6 Å². The Hall–Kier alpha value is -2.25. The molecule has 0 aliphatic carbocycles. The molecule has 8 heteroatoms. The zero-order valence-electron chi connectivity index (χ0n) is 14.9. The molecule has 0 spiro atoms. The van der Waals surface area contributed by atoms with E-state index in [2.05, 4.69) is 4.72 Å². The summed E-state index contributed by atoms with van der Waals surface area (Å²) in [5, 5.41) is 0.0235. The maximum Gasteiger partial charge on any atom is 0.419 e. The van der Waals surface area contributed by atoms with Crippen LogP contribution < -0.4 is 10.5 Å². The van der Waals surface area contributed by atoms with Crippen molar-refractivity contribution in [3.8, 4) is 0 Å². The summed E-state index contributed by atoms with van der Waals surface area (Å²) in [7, 11) is -3.96. The van der Waals surface area contributed by atoms with Gasteiger partial charge in [0.1, 0.15) is 4.90 Å². The fourth-order valence-corrected chi connectivity index (χ4v) is 4.84. The third kappa shape index (κ3) is 3.12. The highest BCUT2D eigenvalue weighted by Crippen LogP contribution is 2.31. The molecule has 3 rings (SSSR count). The number of sulfonamides is 1. The molecular formula is C18H19ClN2O4S. The Labute approximate surface area is 156 Å². The van der Waals surface area contributed by atoms with Crippen molar-refractivity contribution >= 4 is 38.4 Å². The fraction of sp³-hybridized carbons (Fsp3) is 0.278. The molecule has 0 fully saturated rings. The van der Waals surface area contributed by atoms with Crippen molar-refractivity contribution in [3.63, 3.8) is 0 Å². The first-order valence-corrected chi connectivity index (χ1v) is 9.93. The van der Waals surface area contributed by atoms with Gasteiger partial charge in [0.2, 0.25) is 0 Å². The molecule has 3 aromatic rings. The smallest absolute Gasteiger partial charge is 0.408 e. The van der Waals surface area contributed by atoms with Crippen LogP contribution in [0.15, 0.2) is 38.4 Å². The number of nitrogens with one attached hydrogen (secondary N) is 1. The van der Waals surface area contributed by atoms with E-state index in [1.165, 1.54) is 16.7 Å². The number of aromatic nitrogens is 1. The zero-order valence-corrected chi connectivity index (χ0v) is 16.5. The first kappa shape index (κ1) is 18.5. The summed E-state index contributed by atoms with van der Waals surface area (Å²) in [6, 6.07) is 6.52. The normalized spacial score (nSPS) is 11.9. The van der Waals surface area contributed by atoms with Gasteiger partial charge in [0.05, 0.1) is 16.2 Å². The molecule has 0 amide bonds. The molecule has 6 nitrogen and oxygen atoms in total. The van der Waals surface area contributed by atoms with Crippen LogP contribution in [0.25, 0.3) is 11.1 Å². The Morgan fingerprint density at radius 3 is 2.31 bits per heavy atom. The second-order valence-corrected chi connectivity index (χ2v) is 8.30. The molecule has 26 heavy (non-hydrogen) atoms. The molecule has 1 aromatic heterocycles. The van der Waals surface area contributed by atoms with Crippen molar-refractivity contribution in [2.75, 3.05) is 4.72 Å². The highest BCUT2D eigenvalue weighted by Gasteiger charge is 2.23. The monoisotopic (exact) mass is 394 g/mol. The van der Waals surface area contributed by atoms with Crippen molar-refractivity contribution in [2.24, 2.45) is 0 Å². The second-order valence-electron chi connectivity index (χ2n) is 6.24. The average Bonchev–Trinajstić information content (AvgIpc) is 2.84. The van der Waals surface area contributed by atoms with Crippen LogP contribution in [0.2, 0.25) is 5.02 Å². The quantitative estimate of drug-likeness (QED) is 0.725. The molecular weight excluding hydrogens is 376 g/mol. The predicted molar refractivity (Wildman–Crippen MR) is 103 cm³/mol. The van der Waals surface area contributed by atoms with Crippen LogP contribution in [0.4, 0.5) is 5.69 Å². The van der Waals surface area contributed by atoms with Gasteiger partial charge in [0.25, 0.3) is 10.0 Å². The first-order chi connectivity index (χ1) is 12.1. The third-order valence-electron chi connectivity index (χ3n) is 4.24. The third-order valence-corrected chi connectivity index (χ3v) is 6.06. The Balaban J connectivity index is 2.13. The number of hydrogen-bond acceptors (Lipinski definition) is 4. The molecule has 2 aromatic carbocycles. The number of aryl methyl sites for hydroxylation is 4. The van der Waals surface area contributed by atoms with Gasteiger partial charge in [-0.25, -0.2) is 13.2 Å². The first-order valence-electron chi connectivity index (χ1n) is 8.07. The Morgan fingerprint density at radius 2 is 1.73 bits per heavy atom. The molecule has 0 unspecified atom stereocenters. The van der Waals surface area contributed by atoms with Crippen molar-refractivity contribution in [2.45, 2.75) is 39.1 Å². The topological polar surface area (TPSA) is 81.3 Å². The van der Waals surface area contributed by atoms with Crippen LogP contribution >= 0.6 is 11.6 Å². The van der Waals surface area contributed by atoms with Crippen LogP contribution in [0.3, 0.4) is 0 Å². The molecule has 0 bridgehead atoms. The molecule has 0 saturated carbocycles. The largest absolute Gasteiger partial charge is 0.419 e. The van der Waals surface area contributed by atoms with Gasteiger partial charge in [-0.05, 0) is 44.9 Å². The highest BCUT2D eigenvalue weighted by atomic mass is 35.5. The number of benzene rings is 2. The molecule has 0 saturated heterocycles. The van der Waals surface area contributed by atoms with Crippen LogP contribution in [0, 0.1) is 20.8 Å². The van der Waals surface area contributed by atoms with Gasteiger partial charge in [-0.3, -0.25) is 9.29 Å². The van der Waals surface area contributed by atoms with E-state index < -0.39 is 15.8 Å². The predicted octanol–water partition coefficient (Wildman–Crippen LogP) is 3.99. The van der Waals surface area contributed by atoms with E-state index in [-0.39, 0.29) is 15.5 Å². The van der Waals surface area contributed by atoms with E-state index in [1.807, 2.05) is 32.9 Å². The Bertz CT molecular complexity index is 1150. The summed E-state index contributed by atoms with van der Waals surface area (Å²) in [5.41, 5.74) is 3.83. The standard InChI is InChI=1S/C18H19ClN2O4S/c1-5-21-14-8-13(19)16(9-15(14)25-18(21)22)26(23,24)20-17-11(3)6-10(2)7-12(17)4/h6-9,20H,5H2,1-4H3. The van der Waals surface area contributed by atoms with Gasteiger partial charge in [-0.1, -0.05) is 29.3 Å². The van der Waals surface area contributed by atoms with Crippen molar-refractivity contribution in [3.05, 3.63) is 56.5 Å². The molecule has 0 radical (unpaired) electrons. The molecule has 0 aliphatic rings. The average molecular weight is 395 g/mol. The molecule has 138 valence electrons. The van der Waals surface area contributed by atoms with Crippen LogP contribution in [0.1, 0.15) is 23.6 Å². The summed E-state index contributed by atoms with van der Waals surface area (Å²) in [5.74, 6) is -0.550. The van der Waals surface area contributed by atoms with E-state index in [0.29, 0.717) is 17.7 Å². The van der Waals surface area contributed by atoms with Crippen molar-refractivity contribution in [1.29, 1.82) is 0 Å². The number of anilines is 1. The van der Waals surface area contributed by atoms with Gasteiger partial charge in [-0.15, -0.1) is 0 Å². The van der Waals surface area contributed by atoms with E-state index in [4.69, 9.17) is 16.0 Å². The number of hydrogen-bond donors (Lipinski definition) is 1. The lowest BCUT2D eigenvalue weighted by atomic mass is 10.1. The van der Waals surface area contributed by atoms with E-state index in [1.54, 1.807) is 6.92 Å². The lowest BCUT2D eigenvalue weighted by molar-refractivity contribution is 0.512. The number of oxazole rings is 1. The van der Waals surface area contributed by atoms with Crippen molar-refractivity contribution < 1.29 is 12.8 Å². The minimum atomic E-state index is -3.96. The Morgan fingerprint density at radius 1 is 1.12 bits per heavy atom. The lowest BCUT2D eigenvalue weighted by Gasteiger charge is -2.15. The lowest BCUT2D eigenvalue weighted by Crippen LogP contribution is -2.15. The summed E-state index contributed by atoms with van der Waals surface area (Å²) >= 11 is 6.22. The second kappa shape index (κ2) is 6.48. The SMILES string of the molecule is CCn1c(=O)oc2cc(S(=O)(=O)Nc3c(C)cc(C)cc3C)c(Cl)cc21. The van der Waals surface area contributed by atoms with Crippen LogP contribution in [0.5, 0.6) is 0 Å².